The molecular weight excluding hydrogens is 292 g/mol. The maximum atomic E-state index is 11.8. The molecule has 1 saturated heterocycles. The van der Waals surface area contributed by atoms with Crippen molar-refractivity contribution in [1.82, 2.24) is 20.3 Å². The smallest absolute Gasteiger partial charge is 0.251 e. The van der Waals surface area contributed by atoms with Gasteiger partial charge in [0.15, 0.2) is 5.78 Å². The van der Waals surface area contributed by atoms with Gasteiger partial charge in [0.05, 0.1) is 16.0 Å². The van der Waals surface area contributed by atoms with E-state index in [2.05, 4.69) is 15.6 Å². The van der Waals surface area contributed by atoms with Gasteiger partial charge in [-0.3, -0.25) is 19.7 Å². The van der Waals surface area contributed by atoms with E-state index in [-0.39, 0.29) is 17.6 Å². The van der Waals surface area contributed by atoms with Gasteiger partial charge < -0.3 is 0 Å². The third-order valence-electron chi connectivity index (χ3n) is 3.25. The molecule has 2 aromatic heterocycles. The zero-order chi connectivity index (χ0) is 15.0. The molecule has 3 rings (SSSR count). The van der Waals surface area contributed by atoms with Gasteiger partial charge in [-0.05, 0) is 25.5 Å². The molecule has 1 unspecified atom stereocenters. The van der Waals surface area contributed by atoms with Crippen LogP contribution in [0.1, 0.15) is 35.5 Å². The largest absolute Gasteiger partial charge is 0.295 e. The Morgan fingerprint density at radius 1 is 1.43 bits per heavy atom. The van der Waals surface area contributed by atoms with Crippen molar-refractivity contribution in [3.63, 3.8) is 0 Å². The summed E-state index contributed by atoms with van der Waals surface area (Å²) in [6, 6.07) is 3.03. The van der Waals surface area contributed by atoms with Gasteiger partial charge >= 0.3 is 0 Å². The number of aromatic nitrogens is 3. The molecule has 0 aromatic carbocycles. The van der Waals surface area contributed by atoms with Gasteiger partial charge in [0.1, 0.15) is 11.7 Å². The molecule has 2 amide bonds. The Hall–Kier alpha value is -2.35. The predicted octanol–water partition coefficient (Wildman–Crippen LogP) is 1.19. The zero-order valence-electron chi connectivity index (χ0n) is 11.2. The van der Waals surface area contributed by atoms with Crippen LogP contribution >= 0.6 is 11.3 Å². The molecule has 7 nitrogen and oxygen atoms in total. The van der Waals surface area contributed by atoms with Crippen LogP contribution in [0.15, 0.2) is 18.3 Å². The molecule has 0 aliphatic carbocycles. The Kier molecular flexibility index (Phi) is 3.38. The van der Waals surface area contributed by atoms with Crippen molar-refractivity contribution in [1.29, 1.82) is 0 Å². The van der Waals surface area contributed by atoms with Crippen molar-refractivity contribution < 1.29 is 14.4 Å². The molecule has 1 N–H and O–H groups in total. The fraction of sp³-hybridized carbons (Fsp3) is 0.308. The van der Waals surface area contributed by atoms with Crippen molar-refractivity contribution in [2.24, 2.45) is 0 Å². The van der Waals surface area contributed by atoms with E-state index in [1.54, 1.807) is 18.3 Å². The molecule has 0 bridgehead atoms. The number of carbonyl (C=O) groups is 3. The van der Waals surface area contributed by atoms with Crippen molar-refractivity contribution >= 4 is 28.9 Å². The van der Waals surface area contributed by atoms with E-state index in [9.17, 15) is 14.4 Å². The van der Waals surface area contributed by atoms with E-state index in [0.717, 1.165) is 4.88 Å². The van der Waals surface area contributed by atoms with Gasteiger partial charge in [-0.25, -0.2) is 4.68 Å². The van der Waals surface area contributed by atoms with Crippen molar-refractivity contribution in [3.05, 3.63) is 23.2 Å². The molecule has 1 fully saturated rings. The number of nitrogens with one attached hydrogen (secondary N) is 1. The Morgan fingerprint density at radius 3 is 2.90 bits per heavy atom. The van der Waals surface area contributed by atoms with Crippen LogP contribution in [0, 0.1) is 0 Å². The van der Waals surface area contributed by atoms with Crippen LogP contribution in [0.5, 0.6) is 0 Å². The number of nitrogens with zero attached hydrogens (tertiary/aromatic N) is 3. The minimum Gasteiger partial charge on any atom is -0.295 e. The van der Waals surface area contributed by atoms with Crippen LogP contribution in [0.4, 0.5) is 0 Å². The first kappa shape index (κ1) is 13.6. The standard InChI is InChI=1S/C13H12N4O3S/c1-7(18)10-3-4-11(21-10)8-6-17(16-15-8)9-2-5-12(19)14-13(9)20/h3-4,6,9H,2,5H2,1H3,(H,14,19,20). The van der Waals surface area contributed by atoms with Crippen LogP contribution < -0.4 is 5.32 Å². The van der Waals surface area contributed by atoms with Crippen molar-refractivity contribution in [2.75, 3.05) is 0 Å². The Morgan fingerprint density at radius 2 is 2.24 bits per heavy atom. The lowest BCUT2D eigenvalue weighted by Crippen LogP contribution is -2.41. The van der Waals surface area contributed by atoms with E-state index >= 15 is 0 Å². The number of thiophene rings is 1. The third-order valence-corrected chi connectivity index (χ3v) is 4.45. The molecule has 1 aliphatic rings. The molecule has 8 heteroatoms. The minimum atomic E-state index is -0.517. The number of ketones is 1. The van der Waals surface area contributed by atoms with E-state index < -0.39 is 6.04 Å². The first-order chi connectivity index (χ1) is 10.0. The Bertz CT molecular complexity index is 733. The van der Waals surface area contributed by atoms with Crippen LogP contribution in [0.2, 0.25) is 0 Å². The summed E-state index contributed by atoms with van der Waals surface area (Å²) < 4.78 is 1.46. The van der Waals surface area contributed by atoms with Gasteiger partial charge in [0.25, 0.3) is 5.91 Å². The molecule has 21 heavy (non-hydrogen) atoms. The van der Waals surface area contributed by atoms with E-state index in [1.807, 2.05) is 0 Å². The minimum absolute atomic E-state index is 0.00353. The summed E-state index contributed by atoms with van der Waals surface area (Å²) in [6.45, 7) is 1.51. The lowest BCUT2D eigenvalue weighted by atomic mass is 10.1. The average molecular weight is 304 g/mol. The number of carbonyl (C=O) groups excluding carboxylic acids is 3. The summed E-state index contributed by atoms with van der Waals surface area (Å²) in [5.74, 6) is -0.622. The second kappa shape index (κ2) is 5.21. The second-order valence-electron chi connectivity index (χ2n) is 4.77. The summed E-state index contributed by atoms with van der Waals surface area (Å²) in [5.41, 5.74) is 0.609. The maximum Gasteiger partial charge on any atom is 0.251 e. The van der Waals surface area contributed by atoms with Crippen molar-refractivity contribution in [2.45, 2.75) is 25.8 Å². The molecule has 108 valence electrons. The highest BCUT2D eigenvalue weighted by atomic mass is 32.1. The molecular formula is C13H12N4O3S. The van der Waals surface area contributed by atoms with Gasteiger partial charge in [-0.2, -0.15) is 0 Å². The second-order valence-corrected chi connectivity index (χ2v) is 5.85. The first-order valence-corrected chi connectivity index (χ1v) is 7.23. The van der Waals surface area contributed by atoms with Crippen LogP contribution in [0.25, 0.3) is 10.6 Å². The van der Waals surface area contributed by atoms with E-state index in [4.69, 9.17) is 0 Å². The summed E-state index contributed by atoms with van der Waals surface area (Å²) in [5, 5.41) is 10.3. The molecule has 2 aromatic rings. The Labute approximate surface area is 124 Å². The number of Topliss-reactive ketones (excluding diaryl/α,β-unsaturated/α-hetero) is 1. The Balaban J connectivity index is 1.84. The topological polar surface area (TPSA) is 94.0 Å². The average Bonchev–Trinajstić information content (AvgIpc) is 3.07. The monoisotopic (exact) mass is 304 g/mol. The number of hydrogen-bond donors (Lipinski definition) is 1. The van der Waals surface area contributed by atoms with E-state index in [0.29, 0.717) is 23.4 Å². The van der Waals surface area contributed by atoms with Crippen LogP contribution in [-0.4, -0.2) is 32.6 Å². The number of amides is 2. The predicted molar refractivity (Wildman–Crippen MR) is 74.8 cm³/mol. The van der Waals surface area contributed by atoms with Crippen LogP contribution in [-0.2, 0) is 9.59 Å². The van der Waals surface area contributed by atoms with Gasteiger partial charge in [0.2, 0.25) is 5.91 Å². The zero-order valence-corrected chi connectivity index (χ0v) is 12.0. The highest BCUT2D eigenvalue weighted by molar-refractivity contribution is 7.17. The van der Waals surface area contributed by atoms with Gasteiger partial charge in [-0.15, -0.1) is 16.4 Å². The van der Waals surface area contributed by atoms with Crippen LogP contribution in [0.3, 0.4) is 0 Å². The first-order valence-electron chi connectivity index (χ1n) is 6.41. The number of imide groups is 1. The SMILES string of the molecule is CC(=O)c1ccc(-c2cn(C3CCC(=O)NC3=O)nn2)s1. The van der Waals surface area contributed by atoms with Gasteiger partial charge in [0, 0.05) is 6.42 Å². The van der Waals surface area contributed by atoms with E-state index in [1.165, 1.54) is 22.9 Å². The summed E-state index contributed by atoms with van der Waals surface area (Å²) in [7, 11) is 0. The summed E-state index contributed by atoms with van der Waals surface area (Å²) >= 11 is 1.34. The quantitative estimate of drug-likeness (QED) is 0.679. The molecule has 3 heterocycles. The van der Waals surface area contributed by atoms with Crippen molar-refractivity contribution in [3.8, 4) is 10.6 Å². The molecule has 1 atom stereocenters. The molecule has 0 spiro atoms. The number of piperidine rings is 1. The third kappa shape index (κ3) is 2.62. The lowest BCUT2D eigenvalue weighted by molar-refractivity contribution is -0.136. The number of rotatable bonds is 3. The molecule has 1 aliphatic heterocycles. The fourth-order valence-electron chi connectivity index (χ4n) is 2.14. The highest BCUT2D eigenvalue weighted by Crippen LogP contribution is 2.28. The maximum absolute atomic E-state index is 11.8. The summed E-state index contributed by atoms with van der Waals surface area (Å²) in [6.07, 6.45) is 2.37. The molecule has 0 radical (unpaired) electrons. The fourth-order valence-corrected chi connectivity index (χ4v) is 2.99. The highest BCUT2D eigenvalue weighted by Gasteiger charge is 2.29. The van der Waals surface area contributed by atoms with Gasteiger partial charge in [-0.1, -0.05) is 5.21 Å². The normalized spacial score (nSPS) is 18.6. The lowest BCUT2D eigenvalue weighted by Gasteiger charge is -2.20. The summed E-state index contributed by atoms with van der Waals surface area (Å²) in [4.78, 5) is 35.7. The number of hydrogen-bond acceptors (Lipinski definition) is 6. The molecule has 0 saturated carbocycles.